The van der Waals surface area contributed by atoms with Crippen LogP contribution in [0.5, 0.6) is 0 Å². The van der Waals surface area contributed by atoms with E-state index in [9.17, 15) is 4.79 Å². The summed E-state index contributed by atoms with van der Waals surface area (Å²) in [5.41, 5.74) is 3.76. The Bertz CT molecular complexity index is 354. The number of aliphatic carboxylic acids is 1. The summed E-state index contributed by atoms with van der Waals surface area (Å²) in [5.74, 6) is 0.0716. The maximum absolute atomic E-state index is 10.9. The van der Waals surface area contributed by atoms with Gasteiger partial charge in [0.05, 0.1) is 0 Å². The third-order valence-electron chi connectivity index (χ3n) is 2.72. The van der Waals surface area contributed by atoms with Crippen LogP contribution in [0.1, 0.15) is 30.0 Å². The second-order valence-corrected chi connectivity index (χ2v) is 5.11. The number of benzene rings is 1. The zero-order chi connectivity index (χ0) is 12.1. The second kappa shape index (κ2) is 5.94. The molecule has 0 aliphatic carbocycles. The van der Waals surface area contributed by atoms with Gasteiger partial charge in [0.1, 0.15) is 5.25 Å². The number of hydrogen-bond donors (Lipinski definition) is 1. The molecule has 0 aromatic heterocycles. The molecule has 88 valence electrons. The molecule has 0 spiro atoms. The van der Waals surface area contributed by atoms with Gasteiger partial charge in [-0.05, 0) is 37.0 Å². The summed E-state index contributed by atoms with van der Waals surface area (Å²) in [6.07, 6.45) is 0.672. The quantitative estimate of drug-likeness (QED) is 0.854. The molecule has 0 saturated heterocycles. The predicted molar refractivity (Wildman–Crippen MR) is 68.9 cm³/mol. The van der Waals surface area contributed by atoms with E-state index < -0.39 is 5.97 Å². The molecule has 1 aromatic rings. The standard InChI is InChI=1S/C13H18O2S/c1-4-12(13(14)15)16-8-11-9(2)6-5-7-10(11)3/h5-7,12H,4,8H2,1-3H3,(H,14,15). The Labute approximate surface area is 101 Å². The molecule has 0 saturated carbocycles. The number of rotatable bonds is 5. The molecule has 1 atom stereocenters. The molecule has 0 bridgehead atoms. The fraction of sp³-hybridized carbons (Fsp3) is 0.462. The van der Waals surface area contributed by atoms with E-state index >= 15 is 0 Å². The molecule has 0 heterocycles. The first-order chi connectivity index (χ1) is 7.56. The van der Waals surface area contributed by atoms with E-state index in [1.54, 1.807) is 0 Å². The fourth-order valence-corrected chi connectivity index (χ4v) is 2.83. The van der Waals surface area contributed by atoms with Crippen LogP contribution in [-0.2, 0) is 10.5 Å². The van der Waals surface area contributed by atoms with E-state index in [4.69, 9.17) is 5.11 Å². The summed E-state index contributed by atoms with van der Waals surface area (Å²) in [5, 5.41) is 8.68. The molecule has 2 nitrogen and oxygen atoms in total. The van der Waals surface area contributed by atoms with Gasteiger partial charge in [0.25, 0.3) is 0 Å². The number of carboxylic acids is 1. The van der Waals surface area contributed by atoms with Gasteiger partial charge in [-0.2, -0.15) is 0 Å². The second-order valence-electron chi connectivity index (χ2n) is 3.92. The molecular weight excluding hydrogens is 220 g/mol. The minimum absolute atomic E-state index is 0.293. The lowest BCUT2D eigenvalue weighted by Gasteiger charge is -2.12. The van der Waals surface area contributed by atoms with Crippen LogP contribution in [-0.4, -0.2) is 16.3 Å². The van der Waals surface area contributed by atoms with Gasteiger partial charge in [-0.1, -0.05) is 25.1 Å². The van der Waals surface area contributed by atoms with Crippen molar-refractivity contribution < 1.29 is 9.90 Å². The van der Waals surface area contributed by atoms with Crippen LogP contribution in [0.2, 0.25) is 0 Å². The van der Waals surface area contributed by atoms with Crippen LogP contribution in [0.4, 0.5) is 0 Å². The smallest absolute Gasteiger partial charge is 0.316 e. The molecule has 0 aliphatic rings. The SMILES string of the molecule is CCC(SCc1c(C)cccc1C)C(=O)O. The molecule has 1 rings (SSSR count). The first-order valence-corrected chi connectivity index (χ1v) is 6.50. The summed E-state index contributed by atoms with van der Waals surface area (Å²) in [4.78, 5) is 10.9. The Balaban J connectivity index is 2.70. The zero-order valence-electron chi connectivity index (χ0n) is 9.99. The van der Waals surface area contributed by atoms with Crippen molar-refractivity contribution >= 4 is 17.7 Å². The van der Waals surface area contributed by atoms with E-state index in [-0.39, 0.29) is 5.25 Å². The van der Waals surface area contributed by atoms with Crippen molar-refractivity contribution in [3.8, 4) is 0 Å². The molecule has 16 heavy (non-hydrogen) atoms. The third-order valence-corrected chi connectivity index (χ3v) is 4.11. The number of carboxylic acid groups (broad SMARTS) is 1. The van der Waals surface area contributed by atoms with E-state index in [1.807, 2.05) is 13.0 Å². The first-order valence-electron chi connectivity index (χ1n) is 5.45. The normalized spacial score (nSPS) is 12.4. The van der Waals surface area contributed by atoms with Crippen LogP contribution < -0.4 is 0 Å². The van der Waals surface area contributed by atoms with Crippen molar-refractivity contribution in [2.24, 2.45) is 0 Å². The summed E-state index contributed by atoms with van der Waals surface area (Å²) >= 11 is 1.51. The van der Waals surface area contributed by atoms with Crippen LogP contribution in [0.3, 0.4) is 0 Å². The van der Waals surface area contributed by atoms with Gasteiger partial charge in [0.15, 0.2) is 0 Å². The summed E-state index contributed by atoms with van der Waals surface area (Å²) < 4.78 is 0. The van der Waals surface area contributed by atoms with Gasteiger partial charge in [-0.15, -0.1) is 11.8 Å². The van der Waals surface area contributed by atoms with Crippen molar-refractivity contribution in [1.29, 1.82) is 0 Å². The van der Waals surface area contributed by atoms with E-state index in [1.165, 1.54) is 28.5 Å². The highest BCUT2D eigenvalue weighted by atomic mass is 32.2. The molecule has 1 unspecified atom stereocenters. The summed E-state index contributed by atoms with van der Waals surface area (Å²) in [6.45, 7) is 6.06. The van der Waals surface area contributed by atoms with Gasteiger partial charge in [-0.3, -0.25) is 4.79 Å². The first kappa shape index (κ1) is 13.1. The van der Waals surface area contributed by atoms with Crippen molar-refractivity contribution in [1.82, 2.24) is 0 Å². The van der Waals surface area contributed by atoms with Crippen molar-refractivity contribution in [2.75, 3.05) is 0 Å². The highest BCUT2D eigenvalue weighted by Gasteiger charge is 2.16. The van der Waals surface area contributed by atoms with Gasteiger partial charge in [0.2, 0.25) is 0 Å². The highest BCUT2D eigenvalue weighted by Crippen LogP contribution is 2.24. The number of aryl methyl sites for hydroxylation is 2. The Morgan fingerprint density at radius 3 is 2.38 bits per heavy atom. The van der Waals surface area contributed by atoms with Gasteiger partial charge in [-0.25, -0.2) is 0 Å². The van der Waals surface area contributed by atoms with Gasteiger partial charge >= 0.3 is 5.97 Å². The van der Waals surface area contributed by atoms with Crippen LogP contribution in [0.15, 0.2) is 18.2 Å². The van der Waals surface area contributed by atoms with Crippen molar-refractivity contribution in [2.45, 2.75) is 38.2 Å². The molecule has 0 radical (unpaired) electrons. The van der Waals surface area contributed by atoms with Gasteiger partial charge < -0.3 is 5.11 Å². The minimum atomic E-state index is -0.710. The van der Waals surface area contributed by atoms with Crippen LogP contribution >= 0.6 is 11.8 Å². The number of thioether (sulfide) groups is 1. The molecule has 0 fully saturated rings. The average Bonchev–Trinajstić information content (AvgIpc) is 2.22. The topological polar surface area (TPSA) is 37.3 Å². The summed E-state index contributed by atoms with van der Waals surface area (Å²) in [6, 6.07) is 6.18. The van der Waals surface area contributed by atoms with Crippen molar-refractivity contribution in [3.05, 3.63) is 34.9 Å². The van der Waals surface area contributed by atoms with Gasteiger partial charge in [0, 0.05) is 5.75 Å². The molecule has 0 amide bonds. The highest BCUT2D eigenvalue weighted by molar-refractivity contribution is 7.99. The molecular formula is C13H18O2S. The average molecular weight is 238 g/mol. The maximum Gasteiger partial charge on any atom is 0.316 e. The molecule has 0 aliphatic heterocycles. The fourth-order valence-electron chi connectivity index (χ4n) is 1.62. The summed E-state index contributed by atoms with van der Waals surface area (Å²) in [7, 11) is 0. The Morgan fingerprint density at radius 2 is 1.94 bits per heavy atom. The van der Waals surface area contributed by atoms with Crippen molar-refractivity contribution in [3.63, 3.8) is 0 Å². The predicted octanol–water partition coefficient (Wildman–Crippen LogP) is 3.40. The molecule has 1 aromatic carbocycles. The minimum Gasteiger partial charge on any atom is -0.480 e. The Morgan fingerprint density at radius 1 is 1.38 bits per heavy atom. The lowest BCUT2D eigenvalue weighted by Crippen LogP contribution is -2.15. The lowest BCUT2D eigenvalue weighted by atomic mass is 10.1. The number of carbonyl (C=O) groups is 1. The van der Waals surface area contributed by atoms with E-state index in [0.29, 0.717) is 6.42 Å². The zero-order valence-corrected chi connectivity index (χ0v) is 10.8. The number of hydrogen-bond acceptors (Lipinski definition) is 2. The largest absolute Gasteiger partial charge is 0.480 e. The lowest BCUT2D eigenvalue weighted by molar-refractivity contribution is -0.136. The van der Waals surface area contributed by atoms with E-state index in [2.05, 4.69) is 26.0 Å². The van der Waals surface area contributed by atoms with Crippen LogP contribution in [0, 0.1) is 13.8 Å². The Hall–Kier alpha value is -0.960. The maximum atomic E-state index is 10.9. The van der Waals surface area contributed by atoms with Crippen LogP contribution in [0.25, 0.3) is 0 Å². The third kappa shape index (κ3) is 3.27. The Kier molecular flexibility index (Phi) is 4.87. The molecule has 1 N–H and O–H groups in total. The molecule has 3 heteroatoms. The monoisotopic (exact) mass is 238 g/mol. The van der Waals surface area contributed by atoms with E-state index in [0.717, 1.165) is 5.75 Å².